The van der Waals surface area contributed by atoms with Crippen LogP contribution in [0.5, 0.6) is 0 Å². The van der Waals surface area contributed by atoms with Crippen molar-refractivity contribution in [1.82, 2.24) is 15.5 Å². The molecule has 1 aromatic rings. The van der Waals surface area contributed by atoms with Crippen molar-refractivity contribution in [3.05, 3.63) is 35.4 Å². The summed E-state index contributed by atoms with van der Waals surface area (Å²) in [5.74, 6) is 0.682. The molecule has 7 nitrogen and oxygen atoms in total. The molecule has 2 saturated heterocycles. The molecule has 2 heterocycles. The van der Waals surface area contributed by atoms with Gasteiger partial charge in [-0.15, -0.1) is 0 Å². The van der Waals surface area contributed by atoms with Gasteiger partial charge in [0.05, 0.1) is 4.75 Å². The summed E-state index contributed by atoms with van der Waals surface area (Å²) in [7, 11) is -1.46. The number of likely N-dealkylation sites (tertiary alicyclic amines) is 1. The fourth-order valence-corrected chi connectivity index (χ4v) is 5.56. The Balaban J connectivity index is 1.49. The molecule has 0 radical (unpaired) electrons. The number of hydrogen-bond donors (Lipinski definition) is 2. The zero-order valence-electron chi connectivity index (χ0n) is 18.5. The molecule has 2 N–H and O–H groups in total. The predicted molar refractivity (Wildman–Crippen MR) is 122 cm³/mol. The first-order valence-electron chi connectivity index (χ1n) is 10.8. The quantitative estimate of drug-likeness (QED) is 0.522. The van der Waals surface area contributed by atoms with Crippen LogP contribution in [0, 0.1) is 6.92 Å². The Bertz CT molecular complexity index is 827. The van der Waals surface area contributed by atoms with Crippen molar-refractivity contribution >= 4 is 15.8 Å². The van der Waals surface area contributed by atoms with Gasteiger partial charge in [-0.2, -0.15) is 0 Å². The van der Waals surface area contributed by atoms with Crippen LogP contribution in [0.4, 0.5) is 0 Å². The van der Waals surface area contributed by atoms with Crippen LogP contribution in [0.25, 0.3) is 0 Å². The van der Waals surface area contributed by atoms with Gasteiger partial charge in [-0.1, -0.05) is 24.3 Å². The summed E-state index contributed by atoms with van der Waals surface area (Å²) in [6, 6.07) is 8.91. The van der Waals surface area contributed by atoms with Crippen LogP contribution in [-0.2, 0) is 21.1 Å². The molecule has 0 saturated carbocycles. The van der Waals surface area contributed by atoms with Gasteiger partial charge in [-0.05, 0) is 43.7 Å². The van der Waals surface area contributed by atoms with E-state index in [0.29, 0.717) is 44.6 Å². The molecule has 1 aromatic carbocycles. The number of guanidine groups is 1. The highest BCUT2D eigenvalue weighted by Gasteiger charge is 2.42. The summed E-state index contributed by atoms with van der Waals surface area (Å²) in [6.45, 7) is 6.56. The number of rotatable bonds is 6. The van der Waals surface area contributed by atoms with Crippen LogP contribution in [0.15, 0.2) is 29.3 Å². The van der Waals surface area contributed by atoms with Gasteiger partial charge in [-0.3, -0.25) is 9.89 Å². The Morgan fingerprint density at radius 3 is 2.50 bits per heavy atom. The molecular weight excluding hydrogens is 400 g/mol. The lowest BCUT2D eigenvalue weighted by molar-refractivity contribution is 0.0756. The predicted octanol–water partition coefficient (Wildman–Crippen LogP) is 1.72. The lowest BCUT2D eigenvalue weighted by Crippen LogP contribution is -2.55. The SMILES string of the molecule is CN=C(NCC1(S(C)(=O)=O)CCOCC1)NC1CCN(Cc2ccccc2C)CC1. The Morgan fingerprint density at radius 1 is 1.23 bits per heavy atom. The maximum atomic E-state index is 12.4. The molecule has 8 heteroatoms. The monoisotopic (exact) mass is 436 g/mol. The minimum Gasteiger partial charge on any atom is -0.381 e. The van der Waals surface area contributed by atoms with E-state index in [9.17, 15) is 8.42 Å². The van der Waals surface area contributed by atoms with Crippen LogP contribution >= 0.6 is 0 Å². The third-order valence-electron chi connectivity index (χ3n) is 6.58. The molecule has 30 heavy (non-hydrogen) atoms. The van der Waals surface area contributed by atoms with Crippen LogP contribution in [0.3, 0.4) is 0 Å². The van der Waals surface area contributed by atoms with Crippen LogP contribution in [0.2, 0.25) is 0 Å². The highest BCUT2D eigenvalue weighted by atomic mass is 32.2. The van der Waals surface area contributed by atoms with E-state index in [2.05, 4.69) is 51.7 Å². The molecule has 0 aliphatic carbocycles. The molecule has 2 aliphatic heterocycles. The van der Waals surface area contributed by atoms with E-state index < -0.39 is 14.6 Å². The van der Waals surface area contributed by atoms with Crippen LogP contribution < -0.4 is 10.6 Å². The largest absolute Gasteiger partial charge is 0.381 e. The van der Waals surface area contributed by atoms with Gasteiger partial charge < -0.3 is 15.4 Å². The third kappa shape index (κ3) is 5.74. The number of nitrogens with one attached hydrogen (secondary N) is 2. The third-order valence-corrected chi connectivity index (χ3v) is 8.70. The molecule has 168 valence electrons. The number of piperidine rings is 1. The number of benzene rings is 1. The van der Waals surface area contributed by atoms with Gasteiger partial charge in [-0.25, -0.2) is 8.42 Å². The van der Waals surface area contributed by atoms with Gasteiger partial charge in [0.2, 0.25) is 0 Å². The number of ether oxygens (including phenoxy) is 1. The Labute approximate surface area is 181 Å². The van der Waals surface area contributed by atoms with Gasteiger partial charge >= 0.3 is 0 Å². The number of aryl methyl sites for hydroxylation is 1. The summed E-state index contributed by atoms with van der Waals surface area (Å²) in [6.07, 6.45) is 4.45. The van der Waals surface area contributed by atoms with Crippen molar-refractivity contribution < 1.29 is 13.2 Å². The average molecular weight is 437 g/mol. The van der Waals surface area contributed by atoms with E-state index in [4.69, 9.17) is 4.74 Å². The molecule has 3 rings (SSSR count). The van der Waals surface area contributed by atoms with Gasteiger partial charge in [0, 0.05) is 58.7 Å². The second kappa shape index (κ2) is 10.1. The minimum atomic E-state index is -3.20. The standard InChI is InChI=1S/C22H36N4O3S/c1-18-6-4-5-7-19(18)16-26-12-8-20(9-13-26)25-21(23-2)24-17-22(30(3,27)28)10-14-29-15-11-22/h4-7,20H,8-17H2,1-3H3,(H2,23,24,25). The minimum absolute atomic E-state index is 0.341. The molecule has 0 unspecified atom stereocenters. The molecule has 0 aromatic heterocycles. The van der Waals surface area contributed by atoms with Crippen molar-refractivity contribution in [2.24, 2.45) is 4.99 Å². The van der Waals surface area contributed by atoms with Crippen molar-refractivity contribution in [3.63, 3.8) is 0 Å². The molecule has 2 fully saturated rings. The highest BCUT2D eigenvalue weighted by molar-refractivity contribution is 7.92. The van der Waals surface area contributed by atoms with Crippen molar-refractivity contribution in [3.8, 4) is 0 Å². The van der Waals surface area contributed by atoms with E-state index in [1.807, 2.05) is 0 Å². The number of hydrogen-bond acceptors (Lipinski definition) is 5. The van der Waals surface area contributed by atoms with Crippen molar-refractivity contribution in [2.45, 2.75) is 49.9 Å². The van der Waals surface area contributed by atoms with Gasteiger partial charge in [0.15, 0.2) is 15.8 Å². The maximum absolute atomic E-state index is 12.4. The summed E-state index contributed by atoms with van der Waals surface area (Å²) in [5, 5.41) is 6.78. The van der Waals surface area contributed by atoms with E-state index >= 15 is 0 Å². The Kier molecular flexibility index (Phi) is 7.76. The summed E-state index contributed by atoms with van der Waals surface area (Å²) < 4.78 is 29.5. The van der Waals surface area contributed by atoms with Crippen LogP contribution in [0.1, 0.15) is 36.8 Å². The van der Waals surface area contributed by atoms with Crippen molar-refractivity contribution in [1.29, 1.82) is 0 Å². The van der Waals surface area contributed by atoms with E-state index in [1.165, 1.54) is 17.4 Å². The Hall–Kier alpha value is -1.64. The molecule has 0 spiro atoms. The zero-order valence-corrected chi connectivity index (χ0v) is 19.3. The second-order valence-corrected chi connectivity index (χ2v) is 11.0. The smallest absolute Gasteiger partial charge is 0.191 e. The number of aliphatic imine (C=N–C) groups is 1. The van der Waals surface area contributed by atoms with Gasteiger partial charge in [0.1, 0.15) is 0 Å². The topological polar surface area (TPSA) is 83.0 Å². The lowest BCUT2D eigenvalue weighted by Gasteiger charge is -2.37. The lowest BCUT2D eigenvalue weighted by atomic mass is 9.99. The zero-order chi connectivity index (χ0) is 21.6. The first-order valence-corrected chi connectivity index (χ1v) is 12.7. The van der Waals surface area contributed by atoms with Crippen molar-refractivity contribution in [2.75, 3.05) is 46.2 Å². The van der Waals surface area contributed by atoms with E-state index in [-0.39, 0.29) is 0 Å². The first kappa shape index (κ1) is 23.0. The fraction of sp³-hybridized carbons (Fsp3) is 0.682. The maximum Gasteiger partial charge on any atom is 0.191 e. The Morgan fingerprint density at radius 2 is 1.90 bits per heavy atom. The number of sulfone groups is 1. The first-order chi connectivity index (χ1) is 14.3. The van der Waals surface area contributed by atoms with E-state index in [0.717, 1.165) is 32.5 Å². The molecule has 2 aliphatic rings. The molecule has 0 amide bonds. The summed E-state index contributed by atoms with van der Waals surface area (Å²) in [5.41, 5.74) is 2.74. The van der Waals surface area contributed by atoms with Crippen LogP contribution in [-0.4, -0.2) is 76.2 Å². The van der Waals surface area contributed by atoms with E-state index in [1.54, 1.807) is 7.05 Å². The molecule has 0 bridgehead atoms. The fourth-order valence-electron chi connectivity index (χ4n) is 4.32. The summed E-state index contributed by atoms with van der Waals surface area (Å²) in [4.78, 5) is 6.83. The summed E-state index contributed by atoms with van der Waals surface area (Å²) >= 11 is 0. The molecular formula is C22H36N4O3S. The molecule has 0 atom stereocenters. The highest BCUT2D eigenvalue weighted by Crippen LogP contribution is 2.28. The normalized spacial score (nSPS) is 21.4. The average Bonchev–Trinajstić information content (AvgIpc) is 2.74. The van der Waals surface area contributed by atoms with Gasteiger partial charge in [0.25, 0.3) is 0 Å². The second-order valence-electron chi connectivity index (χ2n) is 8.61. The number of nitrogens with zero attached hydrogens (tertiary/aromatic N) is 2.